The molecular weight excluding hydrogens is 584 g/mol. The Morgan fingerprint density at radius 3 is 2.18 bits per heavy atom. The number of rotatable bonds is 14. The minimum absolute atomic E-state index is 0.0700. The summed E-state index contributed by atoms with van der Waals surface area (Å²) in [6.07, 6.45) is 8.49. The number of anilines is 1. The van der Waals surface area contributed by atoms with Crippen LogP contribution >= 0.6 is 12.6 Å². The molecule has 0 radical (unpaired) electrons. The lowest BCUT2D eigenvalue weighted by Crippen LogP contribution is -2.23. The first-order valence-corrected chi connectivity index (χ1v) is 16.0. The first kappa shape index (κ1) is 36.9. The standard InChI is InChI=1S/C30H32N2O3S.C7H14O2/c1-3-4-6-11-21(2)26(18-19-36)31-29(34)23-16-17-27(28(33)20-23)32-30(35)25-15-10-9-14-24(25)22-12-7-5-8-13-22;1-3-5-6-7(8)9-4-2/h5,7-10,12-20,33,36H,3-4,6,11H2,1-2H3,(H,31,34)(H,32,35);3-6H2,1-2H3/b19-18-,26-21-;. The van der Waals surface area contributed by atoms with E-state index in [1.807, 2.05) is 56.3 Å². The van der Waals surface area contributed by atoms with Crippen molar-refractivity contribution >= 4 is 36.1 Å². The summed E-state index contributed by atoms with van der Waals surface area (Å²) in [5, 5.41) is 17.8. The number of allylic oxidation sites excluding steroid dienone is 2. The van der Waals surface area contributed by atoms with Crippen molar-refractivity contribution in [3.63, 3.8) is 0 Å². The van der Waals surface area contributed by atoms with Crippen LogP contribution in [-0.4, -0.2) is 29.5 Å². The van der Waals surface area contributed by atoms with Crippen molar-refractivity contribution in [2.75, 3.05) is 11.9 Å². The Morgan fingerprint density at radius 2 is 1.53 bits per heavy atom. The molecule has 7 nitrogen and oxygen atoms in total. The number of ether oxygens (including phenoxy) is 1. The van der Waals surface area contributed by atoms with Gasteiger partial charge in [-0.3, -0.25) is 14.4 Å². The maximum atomic E-state index is 13.1. The number of hydrogen-bond acceptors (Lipinski definition) is 6. The highest BCUT2D eigenvalue weighted by molar-refractivity contribution is 7.83. The van der Waals surface area contributed by atoms with Gasteiger partial charge in [-0.15, -0.1) is 0 Å². The lowest BCUT2D eigenvalue weighted by atomic mass is 9.99. The molecule has 0 spiro atoms. The van der Waals surface area contributed by atoms with Crippen molar-refractivity contribution in [1.29, 1.82) is 0 Å². The maximum Gasteiger partial charge on any atom is 0.305 e. The van der Waals surface area contributed by atoms with Crippen LogP contribution in [0.4, 0.5) is 5.69 Å². The van der Waals surface area contributed by atoms with Gasteiger partial charge in [0, 0.05) is 23.2 Å². The minimum Gasteiger partial charge on any atom is -0.506 e. The summed E-state index contributed by atoms with van der Waals surface area (Å²) in [7, 11) is 0. The van der Waals surface area contributed by atoms with Crippen LogP contribution in [0.25, 0.3) is 11.1 Å². The van der Waals surface area contributed by atoms with Crippen molar-refractivity contribution in [3.05, 3.63) is 107 Å². The fraction of sp³-hybridized carbons (Fsp3) is 0.324. The van der Waals surface area contributed by atoms with Gasteiger partial charge in [0.2, 0.25) is 0 Å². The van der Waals surface area contributed by atoms with Crippen LogP contribution in [0.15, 0.2) is 95.6 Å². The summed E-state index contributed by atoms with van der Waals surface area (Å²) < 4.78 is 4.70. The van der Waals surface area contributed by atoms with Crippen LogP contribution in [0, 0.1) is 0 Å². The van der Waals surface area contributed by atoms with E-state index >= 15 is 0 Å². The first-order valence-electron chi connectivity index (χ1n) is 15.5. The van der Waals surface area contributed by atoms with E-state index < -0.39 is 0 Å². The number of benzene rings is 3. The zero-order valence-corrected chi connectivity index (χ0v) is 27.7. The summed E-state index contributed by atoms with van der Waals surface area (Å²) in [6, 6.07) is 21.4. The molecule has 3 N–H and O–H groups in total. The van der Waals surface area contributed by atoms with Crippen LogP contribution in [0.2, 0.25) is 0 Å². The molecule has 8 heteroatoms. The summed E-state index contributed by atoms with van der Waals surface area (Å²) in [5.41, 5.74) is 4.45. The molecule has 0 heterocycles. The summed E-state index contributed by atoms with van der Waals surface area (Å²) >= 11 is 4.15. The second-order valence-electron chi connectivity index (χ2n) is 10.4. The van der Waals surface area contributed by atoms with Gasteiger partial charge in [-0.05, 0) is 85.6 Å². The lowest BCUT2D eigenvalue weighted by molar-refractivity contribution is -0.143. The van der Waals surface area contributed by atoms with Gasteiger partial charge in [0.25, 0.3) is 11.8 Å². The van der Waals surface area contributed by atoms with Crippen LogP contribution in [0.1, 0.15) is 93.4 Å². The number of amides is 2. The average Bonchev–Trinajstić information content (AvgIpc) is 3.05. The number of unbranched alkanes of at least 4 members (excludes halogenated alkanes) is 3. The molecule has 0 aliphatic heterocycles. The van der Waals surface area contributed by atoms with E-state index in [1.54, 1.807) is 29.7 Å². The lowest BCUT2D eigenvalue weighted by Gasteiger charge is -2.13. The third kappa shape index (κ3) is 12.7. The predicted octanol–water partition coefficient (Wildman–Crippen LogP) is 9.08. The molecule has 0 bridgehead atoms. The van der Waals surface area contributed by atoms with Gasteiger partial charge in [-0.2, -0.15) is 12.6 Å². The van der Waals surface area contributed by atoms with Gasteiger partial charge in [-0.25, -0.2) is 0 Å². The molecule has 0 aromatic heterocycles. The van der Waals surface area contributed by atoms with E-state index in [1.165, 1.54) is 12.1 Å². The SMILES string of the molecule is CCCCC(=O)OCC.CCCCC/C(C)=C(/C=C\S)NC(=O)c1ccc(NC(=O)c2ccccc2-c2ccccc2)c(O)c1. The van der Waals surface area contributed by atoms with Gasteiger partial charge in [0.1, 0.15) is 5.75 Å². The second kappa shape index (κ2) is 20.6. The Morgan fingerprint density at radius 1 is 0.844 bits per heavy atom. The topological polar surface area (TPSA) is 105 Å². The van der Waals surface area contributed by atoms with Crippen molar-refractivity contribution in [2.24, 2.45) is 0 Å². The Bertz CT molecular complexity index is 1450. The molecule has 3 aromatic rings. The summed E-state index contributed by atoms with van der Waals surface area (Å²) in [5.74, 6) is -0.967. The molecule has 0 fully saturated rings. The normalized spacial score (nSPS) is 11.2. The fourth-order valence-electron chi connectivity index (χ4n) is 4.41. The van der Waals surface area contributed by atoms with E-state index in [4.69, 9.17) is 4.74 Å². The number of carbonyl (C=O) groups is 3. The van der Waals surface area contributed by atoms with Crippen LogP contribution < -0.4 is 10.6 Å². The Hall–Kier alpha value is -4.30. The highest BCUT2D eigenvalue weighted by atomic mass is 32.1. The van der Waals surface area contributed by atoms with Gasteiger partial charge in [0.05, 0.1) is 12.3 Å². The van der Waals surface area contributed by atoms with E-state index in [0.29, 0.717) is 24.3 Å². The molecule has 0 aliphatic rings. The Labute approximate surface area is 273 Å². The van der Waals surface area contributed by atoms with Gasteiger partial charge in [-0.1, -0.05) is 81.6 Å². The van der Waals surface area contributed by atoms with Crippen molar-refractivity contribution in [1.82, 2.24) is 5.32 Å². The van der Waals surface area contributed by atoms with Crippen LogP contribution in [-0.2, 0) is 9.53 Å². The quantitative estimate of drug-likeness (QED) is 0.0468. The van der Waals surface area contributed by atoms with Crippen molar-refractivity contribution < 1.29 is 24.2 Å². The van der Waals surface area contributed by atoms with E-state index in [-0.39, 0.29) is 34.8 Å². The number of thiol groups is 1. The largest absolute Gasteiger partial charge is 0.506 e. The van der Waals surface area contributed by atoms with Crippen LogP contribution in [0.5, 0.6) is 5.75 Å². The summed E-state index contributed by atoms with van der Waals surface area (Å²) in [4.78, 5) is 36.5. The minimum atomic E-state index is -0.353. The molecular formula is C37H46N2O5S. The third-order valence-corrected chi connectivity index (χ3v) is 7.06. The Kier molecular flexibility index (Phi) is 16.9. The molecule has 0 atom stereocenters. The van der Waals surface area contributed by atoms with Gasteiger partial charge >= 0.3 is 5.97 Å². The number of phenols is 1. The highest BCUT2D eigenvalue weighted by Crippen LogP contribution is 2.28. The van der Waals surface area contributed by atoms with Crippen molar-refractivity contribution in [2.45, 2.75) is 72.6 Å². The monoisotopic (exact) mass is 630 g/mol. The Balaban J connectivity index is 0.000000681. The number of nitrogens with one attached hydrogen (secondary N) is 2. The molecule has 45 heavy (non-hydrogen) atoms. The van der Waals surface area contributed by atoms with E-state index in [2.05, 4.69) is 37.1 Å². The number of aromatic hydroxyl groups is 1. The number of carbonyl (C=O) groups excluding carboxylic acids is 3. The molecule has 3 aromatic carbocycles. The molecule has 2 amide bonds. The molecule has 0 saturated carbocycles. The van der Waals surface area contributed by atoms with Gasteiger partial charge < -0.3 is 20.5 Å². The van der Waals surface area contributed by atoms with Crippen molar-refractivity contribution in [3.8, 4) is 16.9 Å². The molecule has 240 valence electrons. The zero-order valence-electron chi connectivity index (χ0n) is 26.8. The zero-order chi connectivity index (χ0) is 33.0. The number of hydrogen-bond donors (Lipinski definition) is 4. The highest BCUT2D eigenvalue weighted by Gasteiger charge is 2.16. The van der Waals surface area contributed by atoms with Gasteiger partial charge in [0.15, 0.2) is 0 Å². The smallest absolute Gasteiger partial charge is 0.305 e. The number of esters is 1. The first-order chi connectivity index (χ1) is 21.7. The van der Waals surface area contributed by atoms with Crippen LogP contribution in [0.3, 0.4) is 0 Å². The third-order valence-electron chi connectivity index (χ3n) is 6.91. The van der Waals surface area contributed by atoms with E-state index in [9.17, 15) is 19.5 Å². The average molecular weight is 631 g/mol. The summed E-state index contributed by atoms with van der Waals surface area (Å²) in [6.45, 7) is 8.52. The molecule has 0 saturated heterocycles. The second-order valence-corrected chi connectivity index (χ2v) is 10.7. The molecule has 3 rings (SSSR count). The fourth-order valence-corrected chi connectivity index (χ4v) is 4.56. The predicted molar refractivity (Wildman–Crippen MR) is 187 cm³/mol. The maximum absolute atomic E-state index is 13.1. The van der Waals surface area contributed by atoms with E-state index in [0.717, 1.165) is 55.2 Å². The number of phenolic OH excluding ortho intramolecular Hbond substituents is 1. The molecule has 0 unspecified atom stereocenters. The molecule has 0 aliphatic carbocycles.